The van der Waals surface area contributed by atoms with Crippen molar-refractivity contribution >= 4 is 29.7 Å². The first-order valence-corrected chi connectivity index (χ1v) is 12.9. The zero-order valence-corrected chi connectivity index (χ0v) is 21.7. The number of hydrogen-bond donors (Lipinski definition) is 5. The lowest BCUT2D eigenvalue weighted by Gasteiger charge is -2.29. The Kier molecular flexibility index (Phi) is 14.7. The van der Waals surface area contributed by atoms with Crippen molar-refractivity contribution in [2.75, 3.05) is 26.3 Å². The Morgan fingerprint density at radius 3 is 2.14 bits per heavy atom. The van der Waals surface area contributed by atoms with Crippen molar-refractivity contribution in [3.8, 4) is 0 Å². The van der Waals surface area contributed by atoms with Crippen LogP contribution in [0.5, 0.6) is 0 Å². The molecule has 11 nitrogen and oxygen atoms in total. The second kappa shape index (κ2) is 16.9. The van der Waals surface area contributed by atoms with Crippen LogP contribution in [0.15, 0.2) is 0 Å². The van der Waals surface area contributed by atoms with Crippen LogP contribution >= 0.6 is 0 Å². The van der Waals surface area contributed by atoms with Crippen LogP contribution in [-0.4, -0.2) is 72.2 Å². The fourth-order valence-electron chi connectivity index (χ4n) is 4.25. The molecular formula is C25H43N3O8. The van der Waals surface area contributed by atoms with Crippen molar-refractivity contribution in [2.45, 2.75) is 78.2 Å². The average molecular weight is 514 g/mol. The highest BCUT2D eigenvalue weighted by molar-refractivity contribution is 5.85. The Balaban J connectivity index is 2.35. The SMILES string of the molecule is CCOCCNC(=O)CCC(NC(=O)C1CCC(CNC(=O)CC(C)C(C)CC(=O)O)CC1)C(=O)O. The van der Waals surface area contributed by atoms with Gasteiger partial charge >= 0.3 is 11.9 Å². The molecule has 11 heteroatoms. The van der Waals surface area contributed by atoms with Gasteiger partial charge in [-0.15, -0.1) is 0 Å². The van der Waals surface area contributed by atoms with Crippen molar-refractivity contribution in [1.82, 2.24) is 16.0 Å². The minimum Gasteiger partial charge on any atom is -0.481 e. The maximum absolute atomic E-state index is 12.6. The molecule has 36 heavy (non-hydrogen) atoms. The number of aliphatic carboxylic acids is 2. The third kappa shape index (κ3) is 12.9. The van der Waals surface area contributed by atoms with Gasteiger partial charge in [0.25, 0.3) is 0 Å². The molecule has 0 aromatic rings. The summed E-state index contributed by atoms with van der Waals surface area (Å²) in [5.74, 6) is -2.94. The summed E-state index contributed by atoms with van der Waals surface area (Å²) in [4.78, 5) is 59.1. The molecule has 3 unspecified atom stereocenters. The molecule has 1 aliphatic rings. The number of hydrogen-bond acceptors (Lipinski definition) is 6. The molecule has 3 amide bonds. The average Bonchev–Trinajstić information content (AvgIpc) is 2.82. The van der Waals surface area contributed by atoms with Crippen LogP contribution in [0.25, 0.3) is 0 Å². The highest BCUT2D eigenvalue weighted by atomic mass is 16.5. The number of nitrogens with one attached hydrogen (secondary N) is 3. The van der Waals surface area contributed by atoms with Gasteiger partial charge in [-0.1, -0.05) is 13.8 Å². The van der Waals surface area contributed by atoms with E-state index in [0.29, 0.717) is 39.1 Å². The van der Waals surface area contributed by atoms with Crippen LogP contribution in [0.1, 0.15) is 72.1 Å². The van der Waals surface area contributed by atoms with Crippen LogP contribution in [0.2, 0.25) is 0 Å². The third-order valence-electron chi connectivity index (χ3n) is 6.83. The van der Waals surface area contributed by atoms with Gasteiger partial charge in [0.15, 0.2) is 0 Å². The Bertz CT molecular complexity index is 737. The van der Waals surface area contributed by atoms with E-state index in [1.54, 1.807) is 0 Å². The van der Waals surface area contributed by atoms with Gasteiger partial charge in [-0.3, -0.25) is 19.2 Å². The van der Waals surface area contributed by atoms with Crippen LogP contribution in [0.4, 0.5) is 0 Å². The summed E-state index contributed by atoms with van der Waals surface area (Å²) in [7, 11) is 0. The van der Waals surface area contributed by atoms with Gasteiger partial charge in [0.2, 0.25) is 17.7 Å². The van der Waals surface area contributed by atoms with E-state index in [0.717, 1.165) is 12.8 Å². The molecule has 1 rings (SSSR count). The standard InChI is InChI=1S/C25H43N3O8/c1-4-36-12-11-26-21(29)10-9-20(25(34)35)28-24(33)19-7-5-18(6-8-19)15-27-22(30)13-16(2)17(3)14-23(31)32/h16-20H,4-15H2,1-3H3,(H,26,29)(H,27,30)(H,28,33)(H,31,32)(H,34,35). The number of carboxylic acids is 2. The van der Waals surface area contributed by atoms with Crippen molar-refractivity contribution < 1.29 is 38.9 Å². The lowest BCUT2D eigenvalue weighted by molar-refractivity contribution is -0.143. The van der Waals surface area contributed by atoms with E-state index >= 15 is 0 Å². The van der Waals surface area contributed by atoms with E-state index in [2.05, 4.69) is 16.0 Å². The summed E-state index contributed by atoms with van der Waals surface area (Å²) in [6.45, 7) is 7.34. The minimum atomic E-state index is -1.17. The van der Waals surface area contributed by atoms with E-state index in [4.69, 9.17) is 9.84 Å². The number of carboxylic acid groups (broad SMARTS) is 2. The molecule has 0 aromatic carbocycles. The first kappa shape index (κ1) is 31.3. The summed E-state index contributed by atoms with van der Waals surface area (Å²) in [6, 6.07) is -1.13. The van der Waals surface area contributed by atoms with Crippen molar-refractivity contribution in [2.24, 2.45) is 23.7 Å². The van der Waals surface area contributed by atoms with Crippen LogP contribution in [0, 0.1) is 23.7 Å². The van der Waals surface area contributed by atoms with Gasteiger partial charge in [0, 0.05) is 44.9 Å². The van der Waals surface area contributed by atoms with Gasteiger partial charge in [-0.25, -0.2) is 4.79 Å². The Morgan fingerprint density at radius 1 is 0.917 bits per heavy atom. The quantitative estimate of drug-likeness (QED) is 0.182. The highest BCUT2D eigenvalue weighted by Gasteiger charge is 2.30. The van der Waals surface area contributed by atoms with Crippen molar-refractivity contribution in [3.63, 3.8) is 0 Å². The molecule has 1 fully saturated rings. The lowest BCUT2D eigenvalue weighted by atomic mass is 9.81. The van der Waals surface area contributed by atoms with Crippen LogP contribution in [0.3, 0.4) is 0 Å². The van der Waals surface area contributed by atoms with Crippen molar-refractivity contribution in [3.05, 3.63) is 0 Å². The molecule has 3 atom stereocenters. The number of rotatable bonds is 17. The summed E-state index contributed by atoms with van der Waals surface area (Å²) in [5, 5.41) is 26.5. The third-order valence-corrected chi connectivity index (χ3v) is 6.83. The van der Waals surface area contributed by atoms with Crippen LogP contribution < -0.4 is 16.0 Å². The Morgan fingerprint density at radius 2 is 1.56 bits per heavy atom. The van der Waals surface area contributed by atoms with Gasteiger partial charge in [-0.05, 0) is 56.8 Å². The van der Waals surface area contributed by atoms with E-state index < -0.39 is 18.0 Å². The molecule has 0 spiro atoms. The highest BCUT2D eigenvalue weighted by Crippen LogP contribution is 2.29. The molecule has 0 aromatic heterocycles. The van der Waals surface area contributed by atoms with Gasteiger partial charge < -0.3 is 30.9 Å². The predicted molar refractivity (Wildman–Crippen MR) is 132 cm³/mol. The molecule has 5 N–H and O–H groups in total. The molecular weight excluding hydrogens is 470 g/mol. The molecule has 0 aliphatic heterocycles. The van der Waals surface area contributed by atoms with Crippen molar-refractivity contribution in [1.29, 1.82) is 0 Å². The summed E-state index contributed by atoms with van der Waals surface area (Å²) < 4.78 is 5.13. The lowest BCUT2D eigenvalue weighted by Crippen LogP contribution is -2.45. The summed E-state index contributed by atoms with van der Waals surface area (Å²) in [5.41, 5.74) is 0. The molecule has 1 saturated carbocycles. The van der Waals surface area contributed by atoms with E-state index in [1.807, 2.05) is 20.8 Å². The minimum absolute atomic E-state index is 0.00637. The van der Waals surface area contributed by atoms with E-state index in [1.165, 1.54) is 0 Å². The monoisotopic (exact) mass is 513 g/mol. The second-order valence-electron chi connectivity index (χ2n) is 9.76. The fourth-order valence-corrected chi connectivity index (χ4v) is 4.25. The maximum atomic E-state index is 12.6. The first-order valence-electron chi connectivity index (χ1n) is 12.9. The zero-order chi connectivity index (χ0) is 27.1. The van der Waals surface area contributed by atoms with Gasteiger partial charge in [0.05, 0.1) is 6.61 Å². The topological polar surface area (TPSA) is 171 Å². The molecule has 206 valence electrons. The number of ether oxygens (including phenoxy) is 1. The molecule has 1 aliphatic carbocycles. The Labute approximate surface area is 213 Å². The summed E-state index contributed by atoms with van der Waals surface area (Å²) in [6.07, 6.45) is 2.98. The van der Waals surface area contributed by atoms with Crippen LogP contribution in [-0.2, 0) is 28.7 Å². The summed E-state index contributed by atoms with van der Waals surface area (Å²) >= 11 is 0. The largest absolute Gasteiger partial charge is 0.481 e. The van der Waals surface area contributed by atoms with Gasteiger partial charge in [0.1, 0.15) is 6.04 Å². The maximum Gasteiger partial charge on any atom is 0.326 e. The molecule has 0 bridgehead atoms. The number of carbonyl (C=O) groups excluding carboxylic acids is 3. The molecule has 0 saturated heterocycles. The number of amides is 3. The first-order chi connectivity index (χ1) is 17.0. The smallest absolute Gasteiger partial charge is 0.326 e. The number of carbonyl (C=O) groups is 5. The molecule has 0 radical (unpaired) electrons. The van der Waals surface area contributed by atoms with E-state index in [9.17, 15) is 29.1 Å². The fraction of sp³-hybridized carbons (Fsp3) is 0.800. The second-order valence-corrected chi connectivity index (χ2v) is 9.76. The Hall–Kier alpha value is -2.69. The van der Waals surface area contributed by atoms with Gasteiger partial charge in [-0.2, -0.15) is 0 Å². The predicted octanol–water partition coefficient (Wildman–Crippen LogP) is 1.55. The zero-order valence-electron chi connectivity index (χ0n) is 21.7. The molecule has 0 heterocycles. The normalized spacial score (nSPS) is 20.0. The van der Waals surface area contributed by atoms with E-state index in [-0.39, 0.29) is 67.1 Å².